The molecule has 0 heterocycles. The van der Waals surface area contributed by atoms with Crippen molar-refractivity contribution in [1.29, 1.82) is 0 Å². The Kier molecular flexibility index (Phi) is 4.96. The number of rotatable bonds is 2. The summed E-state index contributed by atoms with van der Waals surface area (Å²) in [4.78, 5) is 0. The van der Waals surface area contributed by atoms with Crippen LogP contribution in [0.5, 0.6) is 0 Å². The quantitative estimate of drug-likeness (QED) is 0.716. The fourth-order valence-electron chi connectivity index (χ4n) is 4.18. The molecule has 0 bridgehead atoms. The Hall–Kier alpha value is -2.46. The Morgan fingerprint density at radius 2 is 1.74 bits per heavy atom. The molecule has 2 aromatic carbocycles. The largest absolute Gasteiger partial charge is 0.402 e. The van der Waals surface area contributed by atoms with Crippen LogP contribution in [0, 0.1) is 6.92 Å². The highest BCUT2D eigenvalue weighted by molar-refractivity contribution is 6.26. The Balaban J connectivity index is 2.64. The van der Waals surface area contributed by atoms with Crippen LogP contribution in [0.25, 0.3) is 34.2 Å². The molecular formula is C23H30BN3. The van der Waals surface area contributed by atoms with Crippen molar-refractivity contribution < 1.29 is 0 Å². The minimum absolute atomic E-state index is 0.380. The molecule has 0 aliphatic heterocycles. The van der Waals surface area contributed by atoms with E-state index in [1.165, 1.54) is 43.7 Å². The van der Waals surface area contributed by atoms with Gasteiger partial charge in [0.05, 0.1) is 0 Å². The van der Waals surface area contributed by atoms with Gasteiger partial charge in [-0.3, -0.25) is 0 Å². The molecule has 0 amide bonds. The number of allylic oxidation sites excluding steroid dienone is 2. The monoisotopic (exact) mass is 359 g/mol. The summed E-state index contributed by atoms with van der Waals surface area (Å²) < 4.78 is 0. The molecule has 3 nitrogen and oxygen atoms in total. The minimum Gasteiger partial charge on any atom is -0.402 e. The van der Waals surface area contributed by atoms with Crippen LogP contribution < -0.4 is 27.6 Å². The van der Waals surface area contributed by atoms with Crippen molar-refractivity contribution >= 4 is 42.0 Å². The molecule has 2 aromatic rings. The fraction of sp³-hybridized carbons (Fsp3) is 0.304. The molecule has 0 radical (unpaired) electrons. The van der Waals surface area contributed by atoms with Crippen LogP contribution in [0.2, 0.25) is 0 Å². The lowest BCUT2D eigenvalue weighted by atomic mass is 9.82. The number of nitrogens with two attached hydrogens (primary N) is 3. The first-order valence-corrected chi connectivity index (χ1v) is 9.55. The molecule has 1 aliphatic rings. The molecular weight excluding hydrogens is 329 g/mol. The maximum absolute atomic E-state index is 6.27. The molecule has 1 atom stereocenters. The van der Waals surface area contributed by atoms with Crippen molar-refractivity contribution in [1.82, 2.24) is 0 Å². The molecule has 140 valence electrons. The van der Waals surface area contributed by atoms with Gasteiger partial charge in [0.2, 0.25) is 0 Å². The Morgan fingerprint density at radius 3 is 2.30 bits per heavy atom. The number of benzene rings is 2. The smallest absolute Gasteiger partial charge is 0.134 e. The van der Waals surface area contributed by atoms with Crippen molar-refractivity contribution in [2.45, 2.75) is 40.5 Å². The zero-order valence-corrected chi connectivity index (χ0v) is 17.3. The van der Waals surface area contributed by atoms with E-state index in [0.29, 0.717) is 12.5 Å². The standard InChI is InChI=1S/C23H30BN3/c1-11(10-25)16-7-20-18(13(3)17(16)6-12(2)26)8-19(15(5)27)21-9-22(24)14(4)23(20)21/h6-9,14H,10,24-27H2,1-5H3/b12-6+,16-11-,19-15-. The summed E-state index contributed by atoms with van der Waals surface area (Å²) in [7, 11) is 2.20. The normalized spacial score (nSPS) is 19.1. The van der Waals surface area contributed by atoms with E-state index < -0.39 is 0 Å². The molecule has 0 fully saturated rings. The van der Waals surface area contributed by atoms with Crippen LogP contribution in [0.15, 0.2) is 23.3 Å². The summed E-state index contributed by atoms with van der Waals surface area (Å²) >= 11 is 0. The second-order valence-corrected chi connectivity index (χ2v) is 7.98. The predicted octanol–water partition coefficient (Wildman–Crippen LogP) is 1.77. The Bertz CT molecular complexity index is 1130. The lowest BCUT2D eigenvalue weighted by molar-refractivity contribution is 0.981. The lowest BCUT2D eigenvalue weighted by Gasteiger charge is -2.17. The molecule has 1 unspecified atom stereocenters. The van der Waals surface area contributed by atoms with Gasteiger partial charge in [-0.25, -0.2) is 0 Å². The van der Waals surface area contributed by atoms with Gasteiger partial charge in [0.1, 0.15) is 7.85 Å². The van der Waals surface area contributed by atoms with Gasteiger partial charge in [-0.05, 0) is 90.1 Å². The average molecular weight is 359 g/mol. The van der Waals surface area contributed by atoms with E-state index in [9.17, 15) is 0 Å². The average Bonchev–Trinajstić information content (AvgIpc) is 2.90. The molecule has 0 saturated carbocycles. The van der Waals surface area contributed by atoms with E-state index in [1.54, 1.807) is 0 Å². The zero-order valence-electron chi connectivity index (χ0n) is 17.3. The number of hydrogen-bond donors (Lipinski definition) is 3. The molecule has 0 aromatic heterocycles. The van der Waals surface area contributed by atoms with E-state index in [-0.39, 0.29) is 0 Å². The van der Waals surface area contributed by atoms with Crippen molar-refractivity contribution in [3.8, 4) is 0 Å². The van der Waals surface area contributed by atoms with Crippen LogP contribution in [0.3, 0.4) is 0 Å². The minimum atomic E-state index is 0.380. The van der Waals surface area contributed by atoms with Gasteiger partial charge in [0.15, 0.2) is 0 Å². The summed E-state index contributed by atoms with van der Waals surface area (Å²) in [6, 6.07) is 4.54. The summed E-state index contributed by atoms with van der Waals surface area (Å²) in [6.07, 6.45) is 4.35. The van der Waals surface area contributed by atoms with Crippen LogP contribution in [-0.4, -0.2) is 14.4 Å². The van der Waals surface area contributed by atoms with Gasteiger partial charge in [0, 0.05) is 23.2 Å². The van der Waals surface area contributed by atoms with E-state index in [0.717, 1.165) is 22.2 Å². The Labute approximate surface area is 162 Å². The van der Waals surface area contributed by atoms with Gasteiger partial charge in [-0.2, -0.15) is 0 Å². The molecule has 3 rings (SSSR count). The highest BCUT2D eigenvalue weighted by Gasteiger charge is 2.23. The maximum atomic E-state index is 6.27. The predicted molar refractivity (Wildman–Crippen MR) is 122 cm³/mol. The topological polar surface area (TPSA) is 78.1 Å². The molecule has 6 N–H and O–H groups in total. The third-order valence-corrected chi connectivity index (χ3v) is 5.89. The van der Waals surface area contributed by atoms with E-state index in [2.05, 4.69) is 52.9 Å². The van der Waals surface area contributed by atoms with Crippen LogP contribution in [0.1, 0.15) is 55.9 Å². The Morgan fingerprint density at radius 1 is 1.11 bits per heavy atom. The van der Waals surface area contributed by atoms with Gasteiger partial charge < -0.3 is 17.2 Å². The van der Waals surface area contributed by atoms with Crippen molar-refractivity contribution in [2.75, 3.05) is 6.54 Å². The van der Waals surface area contributed by atoms with Crippen LogP contribution >= 0.6 is 0 Å². The van der Waals surface area contributed by atoms with Crippen LogP contribution in [-0.2, 0) is 0 Å². The summed E-state index contributed by atoms with van der Waals surface area (Å²) in [5.41, 5.74) is 27.5. The van der Waals surface area contributed by atoms with Gasteiger partial charge >= 0.3 is 0 Å². The first kappa shape index (κ1) is 19.3. The molecule has 1 aliphatic carbocycles. The number of hydrogen-bond acceptors (Lipinski definition) is 3. The van der Waals surface area contributed by atoms with Gasteiger partial charge in [-0.1, -0.05) is 18.6 Å². The number of fused-ring (bicyclic) bond motifs is 3. The van der Waals surface area contributed by atoms with E-state index in [4.69, 9.17) is 17.2 Å². The highest BCUT2D eigenvalue weighted by atomic mass is 14.6. The van der Waals surface area contributed by atoms with Crippen molar-refractivity contribution in [3.05, 3.63) is 56.0 Å². The first-order valence-electron chi connectivity index (χ1n) is 9.55. The summed E-state index contributed by atoms with van der Waals surface area (Å²) in [6.45, 7) is 11.0. The van der Waals surface area contributed by atoms with Crippen LogP contribution in [0.4, 0.5) is 0 Å². The second kappa shape index (κ2) is 6.93. The maximum Gasteiger partial charge on any atom is 0.134 e. The SMILES string of the molecule is BC1=Cc2c(c3c/c(=C(\C)CN)c(/C=C(\C)N)c(C)c3c/c2=C(\C)N)C1C. The van der Waals surface area contributed by atoms with Crippen molar-refractivity contribution in [2.24, 2.45) is 17.2 Å². The first-order chi connectivity index (χ1) is 12.7. The van der Waals surface area contributed by atoms with Gasteiger partial charge in [-0.15, -0.1) is 5.47 Å². The van der Waals surface area contributed by atoms with Gasteiger partial charge in [0.25, 0.3) is 0 Å². The van der Waals surface area contributed by atoms with Crippen molar-refractivity contribution in [3.63, 3.8) is 0 Å². The van der Waals surface area contributed by atoms with E-state index >= 15 is 0 Å². The number of aryl methyl sites for hydroxylation is 1. The fourth-order valence-corrected chi connectivity index (χ4v) is 4.18. The molecule has 4 heteroatoms. The highest BCUT2D eigenvalue weighted by Crippen LogP contribution is 2.38. The molecule has 27 heavy (non-hydrogen) atoms. The summed E-state index contributed by atoms with van der Waals surface area (Å²) in [5, 5.41) is 4.86. The third-order valence-electron chi connectivity index (χ3n) is 5.89. The lowest BCUT2D eigenvalue weighted by Crippen LogP contribution is -2.20. The molecule has 0 spiro atoms. The summed E-state index contributed by atoms with van der Waals surface area (Å²) in [5.74, 6) is 0.380. The second-order valence-electron chi connectivity index (χ2n) is 7.98. The van der Waals surface area contributed by atoms with E-state index in [1.807, 2.05) is 13.8 Å². The zero-order chi connectivity index (χ0) is 20.0. The third kappa shape index (κ3) is 3.08. The molecule has 0 saturated heterocycles.